The molecule has 8 heteroatoms. The average molecular weight is 434 g/mol. The van der Waals surface area contributed by atoms with Crippen LogP contribution >= 0.6 is 23.2 Å². The van der Waals surface area contributed by atoms with Gasteiger partial charge < -0.3 is 14.2 Å². The van der Waals surface area contributed by atoms with Crippen molar-refractivity contribution in [2.45, 2.75) is 32.9 Å². The number of rotatable bonds is 7. The zero-order valence-corrected chi connectivity index (χ0v) is 17.9. The lowest BCUT2D eigenvalue weighted by atomic mass is 10.2. The van der Waals surface area contributed by atoms with Gasteiger partial charge >= 0.3 is 0 Å². The van der Waals surface area contributed by atoms with E-state index >= 15 is 0 Å². The van der Waals surface area contributed by atoms with Crippen molar-refractivity contribution in [3.05, 3.63) is 64.0 Å². The molecule has 1 heterocycles. The molecular formula is C21H21Cl2N3O3. The van der Waals surface area contributed by atoms with Crippen LogP contribution in [0, 0.1) is 6.92 Å². The highest BCUT2D eigenvalue weighted by Gasteiger charge is 2.24. The number of likely N-dealkylation sites (N-methyl/N-ethyl adjacent to an activating group) is 1. The van der Waals surface area contributed by atoms with Gasteiger partial charge in [0.25, 0.3) is 5.91 Å². The van der Waals surface area contributed by atoms with Crippen molar-refractivity contribution in [3.63, 3.8) is 0 Å². The van der Waals surface area contributed by atoms with Crippen molar-refractivity contribution >= 4 is 29.1 Å². The average Bonchev–Trinajstić information content (AvgIpc) is 3.16. The van der Waals surface area contributed by atoms with Crippen LogP contribution in [0.3, 0.4) is 0 Å². The first kappa shape index (κ1) is 21.1. The van der Waals surface area contributed by atoms with Gasteiger partial charge in [-0.05, 0) is 49.2 Å². The van der Waals surface area contributed by atoms with Crippen molar-refractivity contribution < 1.29 is 14.1 Å². The molecule has 0 bridgehead atoms. The molecule has 6 nitrogen and oxygen atoms in total. The largest absolute Gasteiger partial charge is 0.481 e. The topological polar surface area (TPSA) is 68.5 Å². The van der Waals surface area contributed by atoms with Gasteiger partial charge in [0.15, 0.2) is 6.10 Å². The van der Waals surface area contributed by atoms with E-state index in [9.17, 15) is 4.79 Å². The molecule has 0 aliphatic rings. The van der Waals surface area contributed by atoms with E-state index in [4.69, 9.17) is 32.5 Å². The van der Waals surface area contributed by atoms with Crippen LogP contribution in [0.15, 0.2) is 47.0 Å². The molecule has 0 N–H and O–H groups in total. The molecular weight excluding hydrogens is 413 g/mol. The Morgan fingerprint density at radius 3 is 2.66 bits per heavy atom. The van der Waals surface area contributed by atoms with Crippen molar-refractivity contribution in [3.8, 4) is 17.1 Å². The van der Waals surface area contributed by atoms with Crippen LogP contribution in [0.25, 0.3) is 11.4 Å². The van der Waals surface area contributed by atoms with Crippen molar-refractivity contribution in [2.75, 3.05) is 7.05 Å². The second-order valence-corrected chi connectivity index (χ2v) is 7.43. The summed E-state index contributed by atoms with van der Waals surface area (Å²) in [5, 5.41) is 5.14. The van der Waals surface area contributed by atoms with Gasteiger partial charge in [0.05, 0.1) is 11.6 Å². The van der Waals surface area contributed by atoms with E-state index in [-0.39, 0.29) is 12.5 Å². The standard InChI is InChI=1S/C21H21Cl2N3O3/c1-4-18(28-14-9-10-16(22)13(2)11-14)21(27)26(3)12-19-24-20(25-29-19)15-7-5-6-8-17(15)23/h5-11,18H,4,12H2,1-3H3/t18-/m0/s1. The van der Waals surface area contributed by atoms with Crippen LogP contribution in [0.5, 0.6) is 5.75 Å². The zero-order valence-electron chi connectivity index (χ0n) is 16.4. The SMILES string of the molecule is CC[C@H](Oc1ccc(Cl)c(C)c1)C(=O)N(C)Cc1nc(-c2ccccc2Cl)no1. The van der Waals surface area contributed by atoms with Crippen LogP contribution in [-0.4, -0.2) is 34.1 Å². The van der Waals surface area contributed by atoms with Crippen LogP contribution < -0.4 is 4.74 Å². The minimum absolute atomic E-state index is 0.162. The number of aryl methyl sites for hydroxylation is 1. The van der Waals surface area contributed by atoms with Gasteiger partial charge in [-0.3, -0.25) is 4.79 Å². The van der Waals surface area contributed by atoms with Gasteiger partial charge in [-0.15, -0.1) is 0 Å². The first-order valence-electron chi connectivity index (χ1n) is 9.14. The summed E-state index contributed by atoms with van der Waals surface area (Å²) >= 11 is 12.2. The minimum atomic E-state index is -0.633. The van der Waals surface area contributed by atoms with Gasteiger partial charge in [-0.2, -0.15) is 4.98 Å². The highest BCUT2D eigenvalue weighted by Crippen LogP contribution is 2.25. The maximum absolute atomic E-state index is 12.8. The lowest BCUT2D eigenvalue weighted by Crippen LogP contribution is -2.39. The molecule has 0 saturated carbocycles. The van der Waals surface area contributed by atoms with E-state index in [1.54, 1.807) is 31.3 Å². The summed E-state index contributed by atoms with van der Waals surface area (Å²) in [4.78, 5) is 18.7. The number of hydrogen-bond donors (Lipinski definition) is 0. The van der Waals surface area contributed by atoms with Gasteiger partial charge in [-0.25, -0.2) is 0 Å². The predicted octanol–water partition coefficient (Wildman–Crippen LogP) is 5.17. The number of hydrogen-bond acceptors (Lipinski definition) is 5. The maximum atomic E-state index is 12.8. The minimum Gasteiger partial charge on any atom is -0.481 e. The number of ether oxygens (including phenoxy) is 1. The fourth-order valence-electron chi connectivity index (χ4n) is 2.76. The van der Waals surface area contributed by atoms with E-state index < -0.39 is 6.10 Å². The smallest absolute Gasteiger partial charge is 0.263 e. The number of carbonyl (C=O) groups is 1. The summed E-state index contributed by atoms with van der Waals surface area (Å²) in [5.41, 5.74) is 1.56. The molecule has 1 atom stereocenters. The third kappa shape index (κ3) is 5.08. The van der Waals surface area contributed by atoms with Crippen molar-refractivity contribution in [1.82, 2.24) is 15.0 Å². The molecule has 3 aromatic rings. The van der Waals surface area contributed by atoms with Crippen molar-refractivity contribution in [2.24, 2.45) is 0 Å². The second kappa shape index (κ2) is 9.29. The summed E-state index contributed by atoms with van der Waals surface area (Å²) in [5.74, 6) is 1.11. The highest BCUT2D eigenvalue weighted by molar-refractivity contribution is 6.33. The number of halogens is 2. The Hall–Kier alpha value is -2.57. The molecule has 0 spiro atoms. The van der Waals surface area contributed by atoms with E-state index in [1.165, 1.54) is 4.90 Å². The number of amides is 1. The molecule has 0 unspecified atom stereocenters. The van der Waals surface area contributed by atoms with Crippen LogP contribution in [-0.2, 0) is 11.3 Å². The molecule has 1 amide bonds. The predicted molar refractivity (Wildman–Crippen MR) is 112 cm³/mol. The molecule has 1 aromatic heterocycles. The number of carbonyl (C=O) groups excluding carboxylic acids is 1. The monoisotopic (exact) mass is 433 g/mol. The summed E-state index contributed by atoms with van der Waals surface area (Å²) in [6.07, 6.45) is -0.119. The third-order valence-corrected chi connectivity index (χ3v) is 5.14. The Balaban J connectivity index is 1.67. The quantitative estimate of drug-likeness (QED) is 0.513. The van der Waals surface area contributed by atoms with E-state index in [0.29, 0.717) is 39.5 Å². The summed E-state index contributed by atoms with van der Waals surface area (Å²) < 4.78 is 11.2. The molecule has 29 heavy (non-hydrogen) atoms. The van der Waals surface area contributed by atoms with E-state index in [1.807, 2.05) is 32.0 Å². The van der Waals surface area contributed by atoms with Crippen molar-refractivity contribution in [1.29, 1.82) is 0 Å². The molecule has 3 rings (SSSR count). The first-order valence-corrected chi connectivity index (χ1v) is 9.90. The zero-order chi connectivity index (χ0) is 21.0. The van der Waals surface area contributed by atoms with Crippen LogP contribution in [0.1, 0.15) is 24.8 Å². The summed E-state index contributed by atoms with van der Waals surface area (Å²) in [6.45, 7) is 3.94. The van der Waals surface area contributed by atoms with Crippen LogP contribution in [0.4, 0.5) is 0 Å². The molecule has 0 aliphatic carbocycles. The van der Waals surface area contributed by atoms with Gasteiger partial charge in [0.1, 0.15) is 5.75 Å². The third-order valence-electron chi connectivity index (χ3n) is 4.39. The number of aromatic nitrogens is 2. The van der Waals surface area contributed by atoms with Gasteiger partial charge in [0.2, 0.25) is 11.7 Å². The van der Waals surface area contributed by atoms with E-state index in [0.717, 1.165) is 5.56 Å². The maximum Gasteiger partial charge on any atom is 0.263 e. The van der Waals surface area contributed by atoms with Crippen LogP contribution in [0.2, 0.25) is 10.0 Å². The summed E-state index contributed by atoms with van der Waals surface area (Å²) in [7, 11) is 1.67. The Morgan fingerprint density at radius 2 is 1.97 bits per heavy atom. The fraction of sp³-hybridized carbons (Fsp3) is 0.286. The Kier molecular flexibility index (Phi) is 6.77. The lowest BCUT2D eigenvalue weighted by Gasteiger charge is -2.23. The molecule has 0 saturated heterocycles. The number of benzene rings is 2. The molecule has 2 aromatic carbocycles. The molecule has 0 fully saturated rings. The Labute approximate surface area is 179 Å². The molecule has 0 radical (unpaired) electrons. The molecule has 0 aliphatic heterocycles. The highest BCUT2D eigenvalue weighted by atomic mass is 35.5. The van der Waals surface area contributed by atoms with Gasteiger partial charge in [0, 0.05) is 17.6 Å². The Morgan fingerprint density at radius 1 is 1.21 bits per heavy atom. The normalized spacial score (nSPS) is 11.9. The molecule has 152 valence electrons. The fourth-order valence-corrected chi connectivity index (χ4v) is 3.10. The van der Waals surface area contributed by atoms with Gasteiger partial charge in [-0.1, -0.05) is 47.4 Å². The lowest BCUT2D eigenvalue weighted by molar-refractivity contribution is -0.138. The Bertz CT molecular complexity index is 1010. The second-order valence-electron chi connectivity index (χ2n) is 6.61. The van der Waals surface area contributed by atoms with E-state index in [2.05, 4.69) is 10.1 Å². The number of nitrogens with zero attached hydrogens (tertiary/aromatic N) is 3. The first-order chi connectivity index (χ1) is 13.9. The summed E-state index contributed by atoms with van der Waals surface area (Å²) in [6, 6.07) is 12.5.